The van der Waals surface area contributed by atoms with Gasteiger partial charge in [0.05, 0.1) is 4.92 Å². The molecule has 2 N–H and O–H groups in total. The maximum absolute atomic E-state index is 11.8. The summed E-state index contributed by atoms with van der Waals surface area (Å²) in [5.74, 6) is -0.499. The van der Waals surface area contributed by atoms with E-state index in [9.17, 15) is 14.9 Å². The fraction of sp³-hybridized carbons (Fsp3) is 0. The Morgan fingerprint density at radius 2 is 1.95 bits per heavy atom. The highest BCUT2D eigenvalue weighted by Gasteiger charge is 2.14. The highest BCUT2D eigenvalue weighted by molar-refractivity contribution is 6.30. The molecule has 1 heterocycles. The van der Waals surface area contributed by atoms with Crippen LogP contribution in [0.25, 0.3) is 0 Å². The van der Waals surface area contributed by atoms with Gasteiger partial charge in [-0.15, -0.1) is 0 Å². The van der Waals surface area contributed by atoms with E-state index >= 15 is 0 Å². The number of hydrazine groups is 1. The van der Waals surface area contributed by atoms with Crippen LogP contribution in [0.4, 0.5) is 11.5 Å². The quantitative estimate of drug-likeness (QED) is 0.666. The molecule has 0 atom stereocenters. The number of rotatable bonds is 4. The Kier molecular flexibility index (Phi) is 4.11. The molecule has 8 heteroatoms. The molecular formula is C12H9ClN4O3. The summed E-state index contributed by atoms with van der Waals surface area (Å²) in [4.78, 5) is 25.8. The van der Waals surface area contributed by atoms with Gasteiger partial charge in [-0.05, 0) is 30.3 Å². The van der Waals surface area contributed by atoms with E-state index in [4.69, 9.17) is 11.6 Å². The van der Waals surface area contributed by atoms with Crippen LogP contribution in [-0.4, -0.2) is 15.8 Å². The van der Waals surface area contributed by atoms with Crippen LogP contribution in [0.1, 0.15) is 10.4 Å². The smallest absolute Gasteiger partial charge is 0.276 e. The van der Waals surface area contributed by atoms with Crippen molar-refractivity contribution < 1.29 is 9.72 Å². The van der Waals surface area contributed by atoms with Gasteiger partial charge in [0.1, 0.15) is 0 Å². The summed E-state index contributed by atoms with van der Waals surface area (Å²) < 4.78 is 0. The van der Waals surface area contributed by atoms with E-state index < -0.39 is 10.8 Å². The number of benzene rings is 1. The topological polar surface area (TPSA) is 97.2 Å². The lowest BCUT2D eigenvalue weighted by molar-refractivity contribution is -0.384. The van der Waals surface area contributed by atoms with Gasteiger partial charge in [-0.1, -0.05) is 11.6 Å². The molecule has 2 rings (SSSR count). The molecule has 0 aliphatic rings. The van der Waals surface area contributed by atoms with Gasteiger partial charge < -0.3 is 0 Å². The Morgan fingerprint density at radius 1 is 1.25 bits per heavy atom. The molecular weight excluding hydrogens is 284 g/mol. The van der Waals surface area contributed by atoms with Crippen LogP contribution in [-0.2, 0) is 0 Å². The van der Waals surface area contributed by atoms with Gasteiger partial charge in [0, 0.05) is 22.8 Å². The van der Waals surface area contributed by atoms with Crippen LogP contribution in [0.5, 0.6) is 0 Å². The molecule has 0 spiro atoms. The number of aromatic nitrogens is 1. The van der Waals surface area contributed by atoms with Gasteiger partial charge in [0.15, 0.2) is 0 Å². The van der Waals surface area contributed by atoms with E-state index in [-0.39, 0.29) is 11.5 Å². The molecule has 1 amide bonds. The van der Waals surface area contributed by atoms with Gasteiger partial charge >= 0.3 is 5.69 Å². The third-order valence-electron chi connectivity index (χ3n) is 2.38. The number of amides is 1. The summed E-state index contributed by atoms with van der Waals surface area (Å²) >= 11 is 5.71. The number of pyridine rings is 1. The summed E-state index contributed by atoms with van der Waals surface area (Å²) in [6, 6.07) is 8.92. The average Bonchev–Trinajstić information content (AvgIpc) is 2.45. The first kappa shape index (κ1) is 13.8. The zero-order chi connectivity index (χ0) is 14.5. The molecule has 1 aromatic heterocycles. The number of hydrogen-bond acceptors (Lipinski definition) is 5. The number of carbonyl (C=O) groups is 1. The lowest BCUT2D eigenvalue weighted by Crippen LogP contribution is -2.30. The number of carbonyl (C=O) groups excluding carboxylic acids is 1. The molecule has 0 aliphatic heterocycles. The lowest BCUT2D eigenvalue weighted by Gasteiger charge is -2.07. The third kappa shape index (κ3) is 3.21. The fourth-order valence-electron chi connectivity index (χ4n) is 1.43. The summed E-state index contributed by atoms with van der Waals surface area (Å²) in [6.07, 6.45) is 1.38. The Morgan fingerprint density at radius 3 is 2.60 bits per heavy atom. The average molecular weight is 293 g/mol. The van der Waals surface area contributed by atoms with E-state index in [1.165, 1.54) is 30.5 Å². The molecule has 0 radical (unpaired) electrons. The molecule has 0 unspecified atom stereocenters. The first-order valence-electron chi connectivity index (χ1n) is 5.49. The van der Waals surface area contributed by atoms with Crippen LogP contribution in [0.3, 0.4) is 0 Å². The first-order valence-corrected chi connectivity index (χ1v) is 5.87. The second kappa shape index (κ2) is 5.98. The number of nitrogens with one attached hydrogen (secondary N) is 2. The highest BCUT2D eigenvalue weighted by atomic mass is 35.5. The standard InChI is InChI=1S/C12H9ClN4O3/c13-9-5-3-8(4-6-9)12(18)16-15-11-10(17(19)20)2-1-7-14-11/h1-7H,(H,14,15)(H,16,18). The van der Waals surface area contributed by atoms with Crippen molar-refractivity contribution in [1.82, 2.24) is 10.4 Å². The SMILES string of the molecule is O=C(NNc1ncccc1[N+](=O)[O-])c1ccc(Cl)cc1. The van der Waals surface area contributed by atoms with Crippen LogP contribution in [0, 0.1) is 10.1 Å². The maximum Gasteiger partial charge on any atom is 0.313 e. The monoisotopic (exact) mass is 292 g/mol. The van der Waals surface area contributed by atoms with Crippen LogP contribution >= 0.6 is 11.6 Å². The predicted molar refractivity (Wildman–Crippen MR) is 73.4 cm³/mol. The minimum absolute atomic E-state index is 0.0418. The normalized spacial score (nSPS) is 9.85. The van der Waals surface area contributed by atoms with E-state index in [0.717, 1.165) is 0 Å². The lowest BCUT2D eigenvalue weighted by atomic mass is 10.2. The second-order valence-electron chi connectivity index (χ2n) is 3.71. The number of halogens is 1. The molecule has 102 valence electrons. The fourth-order valence-corrected chi connectivity index (χ4v) is 1.56. The highest BCUT2D eigenvalue weighted by Crippen LogP contribution is 2.19. The zero-order valence-corrected chi connectivity index (χ0v) is 10.8. The van der Waals surface area contributed by atoms with Crippen molar-refractivity contribution in [3.63, 3.8) is 0 Å². The summed E-state index contributed by atoms with van der Waals surface area (Å²) in [7, 11) is 0. The second-order valence-corrected chi connectivity index (χ2v) is 4.15. The Hall–Kier alpha value is -2.67. The number of anilines is 1. The van der Waals surface area contributed by atoms with Gasteiger partial charge in [-0.2, -0.15) is 0 Å². The molecule has 0 aliphatic carbocycles. The summed E-state index contributed by atoms with van der Waals surface area (Å²) in [5.41, 5.74) is 4.88. The molecule has 0 saturated heterocycles. The Bertz CT molecular complexity index is 645. The van der Waals surface area contributed by atoms with Gasteiger partial charge in [-0.25, -0.2) is 4.98 Å². The van der Waals surface area contributed by atoms with E-state index in [1.54, 1.807) is 12.1 Å². The molecule has 0 bridgehead atoms. The van der Waals surface area contributed by atoms with E-state index in [0.29, 0.717) is 10.6 Å². The minimum atomic E-state index is -0.593. The van der Waals surface area contributed by atoms with Crippen molar-refractivity contribution in [2.45, 2.75) is 0 Å². The first-order chi connectivity index (χ1) is 9.58. The van der Waals surface area contributed by atoms with Crippen LogP contribution in [0.15, 0.2) is 42.6 Å². The molecule has 2 aromatic rings. The number of hydrogen-bond donors (Lipinski definition) is 2. The minimum Gasteiger partial charge on any atom is -0.276 e. The number of nitro groups is 1. The van der Waals surface area contributed by atoms with Crippen molar-refractivity contribution in [2.24, 2.45) is 0 Å². The van der Waals surface area contributed by atoms with Crippen LogP contribution < -0.4 is 10.9 Å². The summed E-state index contributed by atoms with van der Waals surface area (Å²) in [5, 5.41) is 11.3. The maximum atomic E-state index is 11.8. The Labute approximate surface area is 118 Å². The molecule has 20 heavy (non-hydrogen) atoms. The van der Waals surface area contributed by atoms with Crippen LogP contribution in [0.2, 0.25) is 5.02 Å². The van der Waals surface area contributed by atoms with Crippen molar-refractivity contribution in [3.8, 4) is 0 Å². The van der Waals surface area contributed by atoms with E-state index in [2.05, 4.69) is 15.8 Å². The number of nitrogens with zero attached hydrogens (tertiary/aromatic N) is 2. The zero-order valence-electron chi connectivity index (χ0n) is 10.0. The van der Waals surface area contributed by atoms with Gasteiger partial charge in [0.2, 0.25) is 5.82 Å². The van der Waals surface area contributed by atoms with Crippen molar-refractivity contribution >= 4 is 29.0 Å². The third-order valence-corrected chi connectivity index (χ3v) is 2.64. The Balaban J connectivity index is 2.07. The predicted octanol–water partition coefficient (Wildman–Crippen LogP) is 2.40. The summed E-state index contributed by atoms with van der Waals surface area (Å²) in [6.45, 7) is 0. The molecule has 1 aromatic carbocycles. The molecule has 0 fully saturated rings. The molecule has 7 nitrogen and oxygen atoms in total. The van der Waals surface area contributed by atoms with E-state index in [1.807, 2.05) is 0 Å². The van der Waals surface area contributed by atoms with Crippen molar-refractivity contribution in [1.29, 1.82) is 0 Å². The van der Waals surface area contributed by atoms with Gasteiger partial charge in [0.25, 0.3) is 5.91 Å². The molecule has 0 saturated carbocycles. The van der Waals surface area contributed by atoms with Crippen molar-refractivity contribution in [2.75, 3.05) is 5.43 Å². The van der Waals surface area contributed by atoms with Gasteiger partial charge in [-0.3, -0.25) is 25.8 Å². The van der Waals surface area contributed by atoms with Crippen molar-refractivity contribution in [3.05, 3.63) is 63.3 Å². The largest absolute Gasteiger partial charge is 0.313 e.